The van der Waals surface area contributed by atoms with Crippen LogP contribution in [-0.2, 0) is 0 Å². The molecule has 0 fully saturated rings. The second-order valence-electron chi connectivity index (χ2n) is 4.61. The number of halogens is 2. The van der Waals surface area contributed by atoms with Gasteiger partial charge in [0.15, 0.2) is 16.7 Å². The van der Waals surface area contributed by atoms with Crippen molar-refractivity contribution in [3.8, 4) is 5.75 Å². The van der Waals surface area contributed by atoms with Gasteiger partial charge in [0.25, 0.3) is 0 Å². The van der Waals surface area contributed by atoms with Crippen LogP contribution in [0.3, 0.4) is 0 Å². The number of hydrogen-bond donors (Lipinski definition) is 1. The van der Waals surface area contributed by atoms with Gasteiger partial charge < -0.3 is 10.1 Å². The Morgan fingerprint density at radius 3 is 2.75 bits per heavy atom. The van der Waals surface area contributed by atoms with Crippen molar-refractivity contribution >= 4 is 17.3 Å². The van der Waals surface area contributed by atoms with E-state index in [1.165, 1.54) is 13.2 Å². The number of nitrogens with one attached hydrogen (secondary N) is 1. The van der Waals surface area contributed by atoms with E-state index in [0.29, 0.717) is 5.15 Å². The van der Waals surface area contributed by atoms with E-state index >= 15 is 0 Å². The van der Waals surface area contributed by atoms with Crippen LogP contribution in [0.1, 0.15) is 24.1 Å². The highest BCUT2D eigenvalue weighted by Crippen LogP contribution is 2.27. The van der Waals surface area contributed by atoms with Gasteiger partial charge in [-0.05, 0) is 43.2 Å². The summed E-state index contributed by atoms with van der Waals surface area (Å²) < 4.78 is 18.6. The number of ether oxygens (including phenoxy) is 1. The van der Waals surface area contributed by atoms with Crippen LogP contribution in [-0.4, -0.2) is 12.1 Å². The predicted molar refractivity (Wildman–Crippen MR) is 79.0 cm³/mol. The van der Waals surface area contributed by atoms with Crippen molar-refractivity contribution in [3.05, 3.63) is 52.6 Å². The Kier molecular flexibility index (Phi) is 4.45. The monoisotopic (exact) mass is 294 g/mol. The number of rotatable bonds is 4. The number of aromatic nitrogens is 1. The molecule has 5 heteroatoms. The van der Waals surface area contributed by atoms with Gasteiger partial charge in [-0.1, -0.05) is 17.7 Å². The van der Waals surface area contributed by atoms with Crippen LogP contribution in [0.4, 0.5) is 10.1 Å². The summed E-state index contributed by atoms with van der Waals surface area (Å²) in [5.74, 6) is -0.150. The first-order chi connectivity index (χ1) is 9.51. The Bertz CT molecular complexity index is 619. The minimum absolute atomic E-state index is 0.100. The summed E-state index contributed by atoms with van der Waals surface area (Å²) in [7, 11) is 1.44. The molecule has 1 heterocycles. The average Bonchev–Trinajstić information content (AvgIpc) is 2.42. The Balaban J connectivity index is 2.21. The molecule has 0 spiro atoms. The number of benzene rings is 1. The predicted octanol–water partition coefficient (Wildman–Crippen LogP) is 4.36. The van der Waals surface area contributed by atoms with Gasteiger partial charge in [0.1, 0.15) is 0 Å². The first kappa shape index (κ1) is 14.6. The van der Waals surface area contributed by atoms with E-state index in [1.54, 1.807) is 12.3 Å². The zero-order chi connectivity index (χ0) is 14.7. The van der Waals surface area contributed by atoms with Crippen LogP contribution < -0.4 is 10.1 Å². The summed E-state index contributed by atoms with van der Waals surface area (Å²) in [6, 6.07) is 6.69. The Labute approximate surface area is 122 Å². The normalized spacial score (nSPS) is 12.1. The molecule has 1 N–H and O–H groups in total. The molecule has 2 rings (SSSR count). The smallest absolute Gasteiger partial charge is 0.165 e. The van der Waals surface area contributed by atoms with E-state index in [9.17, 15) is 4.39 Å². The molecular weight excluding hydrogens is 279 g/mol. The van der Waals surface area contributed by atoms with Crippen molar-refractivity contribution in [1.29, 1.82) is 0 Å². The Morgan fingerprint density at radius 1 is 1.35 bits per heavy atom. The van der Waals surface area contributed by atoms with Crippen molar-refractivity contribution in [2.24, 2.45) is 0 Å². The van der Waals surface area contributed by atoms with Gasteiger partial charge in [0.2, 0.25) is 0 Å². The molecule has 0 aliphatic carbocycles. The average molecular weight is 295 g/mol. The second kappa shape index (κ2) is 6.09. The lowest BCUT2D eigenvalue weighted by Crippen LogP contribution is -2.08. The molecule has 2 aromatic rings. The summed E-state index contributed by atoms with van der Waals surface area (Å²) >= 11 is 6.04. The number of hydrogen-bond acceptors (Lipinski definition) is 3. The van der Waals surface area contributed by atoms with Crippen LogP contribution >= 0.6 is 11.6 Å². The van der Waals surface area contributed by atoms with Gasteiger partial charge in [-0.3, -0.25) is 0 Å². The topological polar surface area (TPSA) is 34.1 Å². The molecule has 3 nitrogen and oxygen atoms in total. The van der Waals surface area contributed by atoms with Crippen molar-refractivity contribution < 1.29 is 9.13 Å². The molecule has 0 saturated heterocycles. The molecule has 20 heavy (non-hydrogen) atoms. The maximum Gasteiger partial charge on any atom is 0.165 e. The van der Waals surface area contributed by atoms with Gasteiger partial charge in [-0.15, -0.1) is 0 Å². The summed E-state index contributed by atoms with van der Waals surface area (Å²) in [6.45, 7) is 3.87. The molecule has 1 unspecified atom stereocenters. The lowest BCUT2D eigenvalue weighted by atomic mass is 10.1. The number of methoxy groups -OCH3 is 1. The molecular formula is C15H16ClFN2O. The molecule has 1 atom stereocenters. The van der Waals surface area contributed by atoms with E-state index in [2.05, 4.69) is 10.3 Å². The van der Waals surface area contributed by atoms with Crippen LogP contribution in [0.15, 0.2) is 30.5 Å². The zero-order valence-corrected chi connectivity index (χ0v) is 12.3. The molecule has 0 aliphatic heterocycles. The molecule has 1 aromatic heterocycles. The minimum atomic E-state index is -0.382. The molecule has 0 saturated carbocycles. The third-order valence-corrected chi connectivity index (χ3v) is 3.32. The molecule has 0 radical (unpaired) electrons. The van der Waals surface area contributed by atoms with E-state index in [0.717, 1.165) is 16.8 Å². The van der Waals surface area contributed by atoms with E-state index < -0.39 is 0 Å². The Morgan fingerprint density at radius 2 is 2.10 bits per heavy atom. The van der Waals surface area contributed by atoms with E-state index in [4.69, 9.17) is 16.3 Å². The Hall–Kier alpha value is -1.81. The number of pyridine rings is 1. The standard InChI is InChI=1S/C15H16ClFN2O/c1-9-6-13(15(16)18-8-9)19-10(2)11-4-5-14(20-3)12(17)7-11/h4-8,10,19H,1-3H3. The fourth-order valence-corrected chi connectivity index (χ4v) is 2.08. The fourth-order valence-electron chi connectivity index (χ4n) is 1.92. The van der Waals surface area contributed by atoms with Gasteiger partial charge in [0, 0.05) is 12.2 Å². The number of nitrogens with zero attached hydrogens (tertiary/aromatic N) is 1. The summed E-state index contributed by atoms with van der Waals surface area (Å²) in [4.78, 5) is 4.08. The summed E-state index contributed by atoms with van der Waals surface area (Å²) in [5, 5.41) is 3.63. The van der Waals surface area contributed by atoms with Gasteiger partial charge in [-0.2, -0.15) is 0 Å². The zero-order valence-electron chi connectivity index (χ0n) is 11.6. The first-order valence-corrected chi connectivity index (χ1v) is 6.61. The summed E-state index contributed by atoms with van der Waals surface area (Å²) in [5.41, 5.74) is 2.54. The highest BCUT2D eigenvalue weighted by molar-refractivity contribution is 6.31. The van der Waals surface area contributed by atoms with E-state index in [-0.39, 0.29) is 17.6 Å². The molecule has 0 bridgehead atoms. The SMILES string of the molecule is COc1ccc(C(C)Nc2cc(C)cnc2Cl)cc1F. The minimum Gasteiger partial charge on any atom is -0.494 e. The third kappa shape index (κ3) is 3.20. The van der Waals surface area contributed by atoms with Crippen molar-refractivity contribution in [2.75, 3.05) is 12.4 Å². The van der Waals surface area contributed by atoms with Gasteiger partial charge >= 0.3 is 0 Å². The summed E-state index contributed by atoms with van der Waals surface area (Å²) in [6.07, 6.45) is 1.70. The van der Waals surface area contributed by atoms with Gasteiger partial charge in [0.05, 0.1) is 12.8 Å². The molecule has 1 aromatic carbocycles. The lowest BCUT2D eigenvalue weighted by molar-refractivity contribution is 0.386. The maximum atomic E-state index is 13.7. The molecule has 0 aliphatic rings. The lowest BCUT2D eigenvalue weighted by Gasteiger charge is -2.17. The van der Waals surface area contributed by atoms with Crippen molar-refractivity contribution in [3.63, 3.8) is 0 Å². The second-order valence-corrected chi connectivity index (χ2v) is 4.97. The maximum absolute atomic E-state index is 13.7. The first-order valence-electron chi connectivity index (χ1n) is 6.23. The van der Waals surface area contributed by atoms with Crippen LogP contribution in [0.25, 0.3) is 0 Å². The largest absolute Gasteiger partial charge is 0.494 e. The van der Waals surface area contributed by atoms with Crippen LogP contribution in [0, 0.1) is 12.7 Å². The van der Waals surface area contributed by atoms with Crippen molar-refractivity contribution in [1.82, 2.24) is 4.98 Å². The number of anilines is 1. The molecule has 0 amide bonds. The van der Waals surface area contributed by atoms with Gasteiger partial charge in [-0.25, -0.2) is 9.37 Å². The highest BCUT2D eigenvalue weighted by atomic mass is 35.5. The fraction of sp³-hybridized carbons (Fsp3) is 0.267. The highest BCUT2D eigenvalue weighted by Gasteiger charge is 2.11. The van der Waals surface area contributed by atoms with Crippen LogP contribution in [0.5, 0.6) is 5.75 Å². The van der Waals surface area contributed by atoms with Crippen LogP contribution in [0.2, 0.25) is 5.15 Å². The quantitative estimate of drug-likeness (QED) is 0.851. The number of aryl methyl sites for hydroxylation is 1. The van der Waals surface area contributed by atoms with E-state index in [1.807, 2.05) is 26.0 Å². The third-order valence-electron chi connectivity index (χ3n) is 3.02. The molecule has 106 valence electrons. The van der Waals surface area contributed by atoms with Crippen molar-refractivity contribution in [2.45, 2.75) is 19.9 Å².